The third-order valence-corrected chi connectivity index (χ3v) is 4.53. The highest BCUT2D eigenvalue weighted by atomic mass is 79.9. The second-order valence-electron chi connectivity index (χ2n) is 4.70. The van der Waals surface area contributed by atoms with Crippen molar-refractivity contribution in [2.45, 2.75) is 32.3 Å². The van der Waals surface area contributed by atoms with E-state index >= 15 is 0 Å². The summed E-state index contributed by atoms with van der Waals surface area (Å²) >= 11 is 9.61. The molecule has 1 aromatic rings. The number of hydrogen-bond donors (Lipinski definition) is 1. The van der Waals surface area contributed by atoms with Crippen molar-refractivity contribution in [3.05, 3.63) is 33.3 Å². The number of rotatable bonds is 2. The molecule has 1 aromatic carbocycles. The summed E-state index contributed by atoms with van der Waals surface area (Å²) in [7, 11) is 0. The summed E-state index contributed by atoms with van der Waals surface area (Å²) in [6.07, 6.45) is 2.89. The van der Waals surface area contributed by atoms with Crippen LogP contribution in [0.1, 0.15) is 25.3 Å². The van der Waals surface area contributed by atoms with Crippen LogP contribution in [0, 0.1) is 11.8 Å². The molecule has 0 saturated heterocycles. The smallest absolute Gasteiger partial charge is 0.0568 e. The zero-order chi connectivity index (χ0) is 11.7. The average Bonchev–Trinajstić information content (AvgIpc) is 2.54. The molecule has 1 aliphatic rings. The van der Waals surface area contributed by atoms with Crippen LogP contribution < -0.4 is 0 Å². The predicted octanol–water partition coefficient (Wildman–Crippen LogP) is 4.05. The van der Waals surface area contributed by atoms with Crippen LogP contribution in [0.15, 0.2) is 22.7 Å². The van der Waals surface area contributed by atoms with Gasteiger partial charge in [0.1, 0.15) is 0 Å². The summed E-state index contributed by atoms with van der Waals surface area (Å²) in [6, 6.07) is 6.04. The number of halogens is 2. The minimum absolute atomic E-state index is 0.126. The Balaban J connectivity index is 2.09. The summed E-state index contributed by atoms with van der Waals surface area (Å²) in [5, 5.41) is 10.5. The van der Waals surface area contributed by atoms with E-state index in [2.05, 4.69) is 28.9 Å². The Hall–Kier alpha value is -0.0500. The van der Waals surface area contributed by atoms with E-state index in [1.54, 1.807) is 0 Å². The van der Waals surface area contributed by atoms with E-state index in [1.165, 1.54) is 5.56 Å². The van der Waals surface area contributed by atoms with Gasteiger partial charge in [-0.1, -0.05) is 40.5 Å². The molecule has 1 aliphatic carbocycles. The Morgan fingerprint density at radius 3 is 2.75 bits per heavy atom. The Morgan fingerprint density at radius 2 is 2.19 bits per heavy atom. The van der Waals surface area contributed by atoms with Gasteiger partial charge < -0.3 is 5.11 Å². The molecule has 1 N–H and O–H groups in total. The molecule has 1 saturated carbocycles. The summed E-state index contributed by atoms with van der Waals surface area (Å²) < 4.78 is 1.01. The molecule has 1 fully saturated rings. The van der Waals surface area contributed by atoms with Crippen LogP contribution in [0.4, 0.5) is 0 Å². The van der Waals surface area contributed by atoms with Gasteiger partial charge in [-0.3, -0.25) is 0 Å². The molecular formula is C13H16BrClO. The first-order valence-corrected chi connectivity index (χ1v) is 6.87. The molecule has 0 aromatic heterocycles. The lowest BCUT2D eigenvalue weighted by molar-refractivity contribution is 0.127. The fourth-order valence-corrected chi connectivity index (χ4v) is 3.23. The highest BCUT2D eigenvalue weighted by molar-refractivity contribution is 9.10. The van der Waals surface area contributed by atoms with Gasteiger partial charge in [-0.15, -0.1) is 0 Å². The molecule has 1 nitrogen and oxygen atoms in total. The quantitative estimate of drug-likeness (QED) is 0.874. The van der Waals surface area contributed by atoms with Gasteiger partial charge in [0, 0.05) is 9.50 Å². The molecule has 3 unspecified atom stereocenters. The lowest BCUT2D eigenvalue weighted by Gasteiger charge is -2.18. The average molecular weight is 304 g/mol. The van der Waals surface area contributed by atoms with E-state index in [1.807, 2.05) is 12.1 Å². The fourth-order valence-electron chi connectivity index (χ4n) is 2.48. The van der Waals surface area contributed by atoms with Gasteiger partial charge in [0.25, 0.3) is 0 Å². The van der Waals surface area contributed by atoms with Gasteiger partial charge in [0.2, 0.25) is 0 Å². The first-order valence-electron chi connectivity index (χ1n) is 5.70. The Kier molecular flexibility index (Phi) is 3.93. The van der Waals surface area contributed by atoms with Crippen LogP contribution >= 0.6 is 27.5 Å². The number of benzene rings is 1. The third kappa shape index (κ3) is 2.61. The van der Waals surface area contributed by atoms with Crippen molar-refractivity contribution in [2.24, 2.45) is 11.8 Å². The molecule has 0 spiro atoms. The lowest BCUT2D eigenvalue weighted by atomic mass is 9.90. The highest BCUT2D eigenvalue weighted by Gasteiger charge is 2.31. The largest absolute Gasteiger partial charge is 0.393 e. The van der Waals surface area contributed by atoms with Gasteiger partial charge in [0.05, 0.1) is 6.10 Å². The molecule has 3 heteroatoms. The van der Waals surface area contributed by atoms with Crippen molar-refractivity contribution >= 4 is 27.5 Å². The van der Waals surface area contributed by atoms with Crippen molar-refractivity contribution < 1.29 is 5.11 Å². The standard InChI is InChI=1S/C13H16BrClO/c1-8-9(3-5-13(8)16)6-10-2-4-11(14)7-12(10)15/h2,4,7-9,13,16H,3,5-6H2,1H3. The molecule has 16 heavy (non-hydrogen) atoms. The third-order valence-electron chi connectivity index (χ3n) is 3.68. The Morgan fingerprint density at radius 1 is 1.44 bits per heavy atom. The second-order valence-corrected chi connectivity index (χ2v) is 6.03. The maximum atomic E-state index is 9.72. The van der Waals surface area contributed by atoms with E-state index in [4.69, 9.17) is 11.6 Å². The Labute approximate surface area is 110 Å². The van der Waals surface area contributed by atoms with Crippen LogP contribution in [0.25, 0.3) is 0 Å². The fraction of sp³-hybridized carbons (Fsp3) is 0.538. The molecule has 0 amide bonds. The van der Waals surface area contributed by atoms with Crippen LogP contribution in [0.3, 0.4) is 0 Å². The summed E-state index contributed by atoms with van der Waals surface area (Å²) in [6.45, 7) is 2.13. The van der Waals surface area contributed by atoms with Gasteiger partial charge in [-0.2, -0.15) is 0 Å². The first kappa shape index (κ1) is 12.4. The molecule has 2 rings (SSSR count). The molecule has 0 radical (unpaired) electrons. The number of aliphatic hydroxyl groups excluding tert-OH is 1. The maximum Gasteiger partial charge on any atom is 0.0568 e. The SMILES string of the molecule is CC1C(O)CCC1Cc1ccc(Br)cc1Cl. The van der Waals surface area contributed by atoms with E-state index < -0.39 is 0 Å². The molecule has 3 atom stereocenters. The minimum atomic E-state index is -0.126. The molecule has 88 valence electrons. The Bertz CT molecular complexity index is 380. The van der Waals surface area contributed by atoms with Crippen molar-refractivity contribution in [3.63, 3.8) is 0 Å². The zero-order valence-corrected chi connectivity index (χ0v) is 11.6. The first-order chi connectivity index (χ1) is 7.58. The van der Waals surface area contributed by atoms with E-state index in [-0.39, 0.29) is 6.10 Å². The van der Waals surface area contributed by atoms with Crippen molar-refractivity contribution in [2.75, 3.05) is 0 Å². The summed E-state index contributed by atoms with van der Waals surface area (Å²) in [5.74, 6) is 0.952. The monoisotopic (exact) mass is 302 g/mol. The predicted molar refractivity (Wildman–Crippen MR) is 70.8 cm³/mol. The zero-order valence-electron chi connectivity index (χ0n) is 9.29. The number of aliphatic hydroxyl groups is 1. The normalized spacial score (nSPS) is 29.6. The summed E-state index contributed by atoms with van der Waals surface area (Å²) in [5.41, 5.74) is 1.19. The lowest BCUT2D eigenvalue weighted by Crippen LogP contribution is -2.16. The van der Waals surface area contributed by atoms with Gasteiger partial charge in [-0.25, -0.2) is 0 Å². The van der Waals surface area contributed by atoms with Gasteiger partial charge in [0.15, 0.2) is 0 Å². The van der Waals surface area contributed by atoms with E-state index in [0.717, 1.165) is 28.8 Å². The molecule has 0 bridgehead atoms. The molecule has 0 heterocycles. The van der Waals surface area contributed by atoms with Gasteiger partial charge >= 0.3 is 0 Å². The van der Waals surface area contributed by atoms with Crippen molar-refractivity contribution in [1.29, 1.82) is 0 Å². The van der Waals surface area contributed by atoms with Crippen LogP contribution in [0.5, 0.6) is 0 Å². The molecule has 0 aliphatic heterocycles. The summed E-state index contributed by atoms with van der Waals surface area (Å²) in [4.78, 5) is 0. The van der Waals surface area contributed by atoms with Crippen molar-refractivity contribution in [3.8, 4) is 0 Å². The second kappa shape index (κ2) is 5.07. The van der Waals surface area contributed by atoms with Crippen LogP contribution in [-0.2, 0) is 6.42 Å². The highest BCUT2D eigenvalue weighted by Crippen LogP contribution is 2.35. The minimum Gasteiger partial charge on any atom is -0.393 e. The molecular weight excluding hydrogens is 287 g/mol. The van der Waals surface area contributed by atoms with Gasteiger partial charge in [-0.05, 0) is 48.8 Å². The maximum absolute atomic E-state index is 9.72. The topological polar surface area (TPSA) is 20.2 Å². The van der Waals surface area contributed by atoms with Crippen LogP contribution in [0.2, 0.25) is 5.02 Å². The van der Waals surface area contributed by atoms with Crippen LogP contribution in [-0.4, -0.2) is 11.2 Å². The van der Waals surface area contributed by atoms with E-state index in [0.29, 0.717) is 11.8 Å². The number of hydrogen-bond acceptors (Lipinski definition) is 1. The van der Waals surface area contributed by atoms with E-state index in [9.17, 15) is 5.11 Å². The van der Waals surface area contributed by atoms with Crippen molar-refractivity contribution in [1.82, 2.24) is 0 Å².